The minimum Gasteiger partial charge on any atom is -0.477 e. The number of nitrogens with one attached hydrogen (secondary N) is 2. The smallest absolute Gasteiger partial charge is 0.352 e. The summed E-state index contributed by atoms with van der Waals surface area (Å²) in [7, 11) is 1.90. The average Bonchev–Trinajstić information content (AvgIpc) is 3.50. The summed E-state index contributed by atoms with van der Waals surface area (Å²) in [5, 5.41) is 21.7. The van der Waals surface area contributed by atoms with Crippen molar-refractivity contribution in [1.82, 2.24) is 20.5 Å². The molecule has 6 rings (SSSR count). The molecule has 2 atom stereocenters. The Morgan fingerprint density at radius 1 is 1.38 bits per heavy atom. The molecular formula is C30H30FN8O5S3+. The second-order valence-electron chi connectivity index (χ2n) is 10.7. The number of anilines is 2. The van der Waals surface area contributed by atoms with E-state index in [1.807, 2.05) is 34.8 Å². The molecule has 2 aromatic heterocycles. The highest BCUT2D eigenvalue weighted by Crippen LogP contribution is 2.42. The largest absolute Gasteiger partial charge is 0.477 e. The van der Waals surface area contributed by atoms with E-state index in [9.17, 15) is 19.5 Å². The number of fused-ring (bicyclic) bond motifs is 2. The van der Waals surface area contributed by atoms with Gasteiger partial charge in [0.1, 0.15) is 35.7 Å². The number of oxime groups is 1. The van der Waals surface area contributed by atoms with Crippen molar-refractivity contribution in [3.63, 3.8) is 0 Å². The van der Waals surface area contributed by atoms with E-state index in [1.165, 1.54) is 39.9 Å². The van der Waals surface area contributed by atoms with Gasteiger partial charge in [0.05, 0.1) is 11.1 Å². The van der Waals surface area contributed by atoms with E-state index in [0.717, 1.165) is 34.8 Å². The summed E-state index contributed by atoms with van der Waals surface area (Å²) in [6.07, 6.45) is 7.10. The Balaban J connectivity index is 1.20. The number of carboxylic acid groups (broad SMARTS) is 1. The van der Waals surface area contributed by atoms with Crippen LogP contribution in [0.1, 0.15) is 5.69 Å². The zero-order chi connectivity index (χ0) is 33.2. The second kappa shape index (κ2) is 13.8. The third-order valence-electron chi connectivity index (χ3n) is 7.84. The number of amides is 2. The minimum absolute atomic E-state index is 0.117. The monoisotopic (exact) mass is 697 g/mol. The molecule has 0 spiro atoms. The van der Waals surface area contributed by atoms with Crippen LogP contribution in [0.2, 0.25) is 0 Å². The zero-order valence-corrected chi connectivity index (χ0v) is 27.5. The van der Waals surface area contributed by atoms with Crippen molar-refractivity contribution in [2.75, 3.05) is 54.9 Å². The number of nitrogen functional groups attached to an aromatic ring is 1. The number of carboxylic acids is 1. The summed E-state index contributed by atoms with van der Waals surface area (Å²) < 4.78 is 17.3. The fraction of sp³-hybridized carbons (Fsp3) is 0.333. The maximum atomic E-state index is 15.4. The number of β-lactam (4-membered cyclic amide) rings is 1. The Bertz CT molecular complexity index is 1870. The fourth-order valence-corrected chi connectivity index (χ4v) is 8.63. The van der Waals surface area contributed by atoms with Crippen LogP contribution in [0.3, 0.4) is 0 Å². The first kappa shape index (κ1) is 32.6. The number of halogens is 1. The first-order valence-electron chi connectivity index (χ1n) is 14.4. The van der Waals surface area contributed by atoms with Crippen LogP contribution in [0.25, 0.3) is 10.9 Å². The molecule has 0 bridgehead atoms. The van der Waals surface area contributed by atoms with E-state index in [-0.39, 0.29) is 40.4 Å². The molecule has 0 radical (unpaired) electrons. The number of thioether (sulfide) groups is 2. The van der Waals surface area contributed by atoms with Crippen LogP contribution in [0.4, 0.5) is 15.2 Å². The molecule has 47 heavy (non-hydrogen) atoms. The number of hydrogen-bond acceptors (Lipinski definition) is 12. The van der Waals surface area contributed by atoms with Gasteiger partial charge in [-0.1, -0.05) is 11.1 Å². The molecule has 244 valence electrons. The topological polar surface area (TPSA) is 166 Å². The Labute approximate surface area is 281 Å². The molecular weight excluding hydrogens is 668 g/mol. The molecule has 2 fully saturated rings. The number of terminal acetylenes is 1. The molecule has 3 aromatic rings. The van der Waals surface area contributed by atoms with Crippen LogP contribution >= 0.6 is 34.9 Å². The molecule has 17 heteroatoms. The van der Waals surface area contributed by atoms with Crippen molar-refractivity contribution in [1.29, 1.82) is 0 Å². The molecule has 5 heterocycles. The third-order valence-corrected chi connectivity index (χ3v) is 11.0. The molecule has 3 aliphatic rings. The number of benzene rings is 1. The lowest BCUT2D eigenvalue weighted by molar-refractivity contribution is -0.645. The lowest BCUT2D eigenvalue weighted by Crippen LogP contribution is -2.71. The molecule has 5 N–H and O–H groups in total. The lowest BCUT2D eigenvalue weighted by Gasteiger charge is -2.49. The number of rotatable bonds is 10. The average molecular weight is 698 g/mol. The summed E-state index contributed by atoms with van der Waals surface area (Å²) in [4.78, 5) is 52.1. The maximum Gasteiger partial charge on any atom is 0.352 e. The standard InChI is InChI=1S/C30H29FN8O5S3/c1-3-10-44-36-23(19-15-47-30(32)34-19)26(40)35-24-27(41)39-25(29(42)43)16(14-46-28(24)39)13-45-22-4-7-37(2)20-12-21(18(31)11-17(20)22)38-8-5-33-6-9-38/h1,4,7,11-12,15,24,28,33H,5-6,8-10,13-14H2,2H3,(H3-,32,34,35,40,42,43)/p+1/b36-23-. The van der Waals surface area contributed by atoms with Crippen molar-refractivity contribution >= 4 is 80.1 Å². The molecule has 1 aromatic carbocycles. The fourth-order valence-electron chi connectivity index (χ4n) is 5.57. The number of nitrogens with zero attached hydrogens (tertiary/aromatic N) is 5. The highest BCUT2D eigenvalue weighted by molar-refractivity contribution is 8.01. The van der Waals surface area contributed by atoms with Crippen molar-refractivity contribution in [3.05, 3.63) is 52.6 Å². The van der Waals surface area contributed by atoms with E-state index in [2.05, 4.69) is 26.7 Å². The van der Waals surface area contributed by atoms with Gasteiger partial charge in [-0.25, -0.2) is 18.7 Å². The van der Waals surface area contributed by atoms with Gasteiger partial charge in [0.2, 0.25) is 5.52 Å². The van der Waals surface area contributed by atoms with E-state index in [1.54, 1.807) is 0 Å². The van der Waals surface area contributed by atoms with Gasteiger partial charge < -0.3 is 31.2 Å². The Kier molecular flexibility index (Phi) is 9.55. The van der Waals surface area contributed by atoms with Gasteiger partial charge in [0.25, 0.3) is 11.8 Å². The van der Waals surface area contributed by atoms with E-state index in [0.29, 0.717) is 35.5 Å². The van der Waals surface area contributed by atoms with Crippen LogP contribution < -0.4 is 25.8 Å². The predicted molar refractivity (Wildman–Crippen MR) is 178 cm³/mol. The van der Waals surface area contributed by atoms with Crippen molar-refractivity contribution in [2.45, 2.75) is 16.3 Å². The number of pyridine rings is 1. The first-order chi connectivity index (χ1) is 22.7. The normalized spacial score (nSPS) is 19.7. The number of piperazine rings is 1. The van der Waals surface area contributed by atoms with Gasteiger partial charge >= 0.3 is 5.97 Å². The van der Waals surface area contributed by atoms with Gasteiger partial charge in [-0.3, -0.25) is 14.5 Å². The van der Waals surface area contributed by atoms with Gasteiger partial charge in [-0.15, -0.1) is 41.3 Å². The second-order valence-corrected chi connectivity index (χ2v) is 13.8. The number of carbonyl (C=O) groups is 3. The van der Waals surface area contributed by atoms with Gasteiger partial charge in [-0.05, 0) is 11.6 Å². The van der Waals surface area contributed by atoms with Crippen LogP contribution in [0, 0.1) is 18.2 Å². The Morgan fingerprint density at radius 2 is 2.17 bits per heavy atom. The van der Waals surface area contributed by atoms with E-state index in [4.69, 9.17) is 17.0 Å². The highest BCUT2D eigenvalue weighted by atomic mass is 32.2. The molecule has 0 saturated carbocycles. The van der Waals surface area contributed by atoms with Crippen LogP contribution in [0.15, 0.2) is 51.1 Å². The summed E-state index contributed by atoms with van der Waals surface area (Å²) in [6, 6.07) is 4.26. The number of carbonyl (C=O) groups excluding carboxylic acids is 2. The zero-order valence-electron chi connectivity index (χ0n) is 25.1. The third kappa shape index (κ3) is 6.46. The molecule has 0 aliphatic carbocycles. The molecule has 2 saturated heterocycles. The first-order valence-corrected chi connectivity index (χ1v) is 17.3. The quantitative estimate of drug-likeness (QED) is 0.0457. The number of aryl methyl sites for hydroxylation is 1. The molecule has 13 nitrogen and oxygen atoms in total. The Hall–Kier alpha value is -4.37. The summed E-state index contributed by atoms with van der Waals surface area (Å²) in [5.74, 6) is -0.0653. The molecule has 2 unspecified atom stereocenters. The number of nitrogens with two attached hydrogens (primary N) is 1. The van der Waals surface area contributed by atoms with Gasteiger partial charge in [0, 0.05) is 60.1 Å². The number of hydrogen-bond donors (Lipinski definition) is 4. The number of aliphatic carboxylic acids is 1. The summed E-state index contributed by atoms with van der Waals surface area (Å²) >= 11 is 3.82. The Morgan fingerprint density at radius 3 is 2.87 bits per heavy atom. The molecule has 2 amide bonds. The molecule has 3 aliphatic heterocycles. The summed E-state index contributed by atoms with van der Waals surface area (Å²) in [5.41, 5.74) is 7.47. The van der Waals surface area contributed by atoms with E-state index < -0.39 is 29.2 Å². The minimum atomic E-state index is -1.25. The lowest BCUT2D eigenvalue weighted by atomic mass is 10.0. The number of thiazole rings is 1. The highest BCUT2D eigenvalue weighted by Gasteiger charge is 2.54. The SMILES string of the molecule is C#CCO/N=C(\C(=O)NC1C(=O)N2C(C(=O)O)=C(CSc3cc[n+](C)c4cc(N5CCNCC5)c(F)cc34)CSC12)c1csc(N)n1. The van der Waals surface area contributed by atoms with Gasteiger partial charge in [-0.2, -0.15) is 0 Å². The summed E-state index contributed by atoms with van der Waals surface area (Å²) in [6.45, 7) is 2.79. The predicted octanol–water partition coefficient (Wildman–Crippen LogP) is 1.14. The number of aromatic nitrogens is 2. The maximum absolute atomic E-state index is 15.4. The van der Waals surface area contributed by atoms with Crippen molar-refractivity contribution in [3.8, 4) is 12.3 Å². The van der Waals surface area contributed by atoms with E-state index >= 15 is 4.39 Å². The van der Waals surface area contributed by atoms with Crippen LogP contribution in [-0.4, -0.2) is 94.2 Å². The van der Waals surface area contributed by atoms with Crippen molar-refractivity contribution in [2.24, 2.45) is 12.2 Å². The van der Waals surface area contributed by atoms with Crippen molar-refractivity contribution < 1.29 is 33.3 Å². The van der Waals surface area contributed by atoms with Crippen LogP contribution in [-0.2, 0) is 26.3 Å². The van der Waals surface area contributed by atoms with Crippen LogP contribution in [0.5, 0.6) is 0 Å². The van der Waals surface area contributed by atoms with Gasteiger partial charge in [0.15, 0.2) is 23.6 Å².